The van der Waals surface area contributed by atoms with Crippen molar-refractivity contribution in [2.75, 3.05) is 42.9 Å². The van der Waals surface area contributed by atoms with Gasteiger partial charge in [0.25, 0.3) is 0 Å². The zero-order chi connectivity index (χ0) is 16.4. The molecule has 0 spiro atoms. The third kappa shape index (κ3) is 2.92. The highest BCUT2D eigenvalue weighted by atomic mass is 19.1. The van der Waals surface area contributed by atoms with Crippen molar-refractivity contribution >= 4 is 17.3 Å². The van der Waals surface area contributed by atoms with Gasteiger partial charge in [-0.15, -0.1) is 5.10 Å². The van der Waals surface area contributed by atoms with Crippen molar-refractivity contribution in [2.24, 2.45) is 5.10 Å². The summed E-state index contributed by atoms with van der Waals surface area (Å²) in [5, 5.41) is 5.95. The molecule has 0 aliphatic carbocycles. The largest absolute Gasteiger partial charge is 0.453 e. The first-order valence-electron chi connectivity index (χ1n) is 7.98. The average molecular weight is 327 g/mol. The van der Waals surface area contributed by atoms with Crippen LogP contribution in [-0.2, 0) is 9.47 Å². The van der Waals surface area contributed by atoms with Gasteiger partial charge in [0.1, 0.15) is 5.82 Å². The molecule has 0 amide bonds. The Morgan fingerprint density at radius 1 is 1.00 bits per heavy atom. The van der Waals surface area contributed by atoms with Crippen LogP contribution >= 0.6 is 0 Å². The van der Waals surface area contributed by atoms with Gasteiger partial charge in [-0.1, -0.05) is 18.2 Å². The molecule has 2 aromatic carbocycles. The number of hydrogen-bond donors (Lipinski definition) is 0. The van der Waals surface area contributed by atoms with Crippen LogP contribution in [0, 0.1) is 5.82 Å². The van der Waals surface area contributed by atoms with Crippen molar-refractivity contribution < 1.29 is 13.9 Å². The average Bonchev–Trinajstić information content (AvgIpc) is 3.13. The summed E-state index contributed by atoms with van der Waals surface area (Å²) >= 11 is 0. The molecule has 6 heteroatoms. The van der Waals surface area contributed by atoms with Gasteiger partial charge in [0.05, 0.1) is 18.9 Å². The lowest BCUT2D eigenvalue weighted by Crippen LogP contribution is -2.36. The molecule has 0 atom stereocenters. The highest BCUT2D eigenvalue weighted by Crippen LogP contribution is 2.24. The highest BCUT2D eigenvalue weighted by molar-refractivity contribution is 5.96. The number of nitrogens with zero attached hydrogens (tertiary/aromatic N) is 3. The molecule has 24 heavy (non-hydrogen) atoms. The Kier molecular flexibility index (Phi) is 4.04. The van der Waals surface area contributed by atoms with Crippen LogP contribution in [0.4, 0.5) is 15.8 Å². The van der Waals surface area contributed by atoms with Crippen LogP contribution in [0.1, 0.15) is 5.56 Å². The lowest BCUT2D eigenvalue weighted by molar-refractivity contribution is 0.122. The van der Waals surface area contributed by atoms with Gasteiger partial charge in [-0.05, 0) is 30.3 Å². The van der Waals surface area contributed by atoms with E-state index in [-0.39, 0.29) is 12.5 Å². The predicted octanol–water partition coefficient (Wildman–Crippen LogP) is 2.82. The van der Waals surface area contributed by atoms with Gasteiger partial charge < -0.3 is 14.4 Å². The van der Waals surface area contributed by atoms with Crippen LogP contribution in [0.5, 0.6) is 0 Å². The van der Waals surface area contributed by atoms with E-state index in [0.29, 0.717) is 11.6 Å². The summed E-state index contributed by atoms with van der Waals surface area (Å²) in [6.07, 6.45) is 0. The lowest BCUT2D eigenvalue weighted by atomic mass is 10.2. The minimum absolute atomic E-state index is 0.206. The first kappa shape index (κ1) is 15.0. The maximum Gasteiger partial charge on any atom is 0.240 e. The number of para-hydroxylation sites is 1. The van der Waals surface area contributed by atoms with Crippen molar-refractivity contribution in [1.29, 1.82) is 0 Å². The van der Waals surface area contributed by atoms with Crippen LogP contribution in [-0.4, -0.2) is 38.9 Å². The highest BCUT2D eigenvalue weighted by Gasteiger charge is 2.21. The Morgan fingerprint density at radius 3 is 2.67 bits per heavy atom. The summed E-state index contributed by atoms with van der Waals surface area (Å²) in [6.45, 7) is 3.43. The van der Waals surface area contributed by atoms with E-state index in [2.05, 4.69) is 22.1 Å². The molecule has 0 bridgehead atoms. The molecule has 2 heterocycles. The normalized spacial score (nSPS) is 17.6. The number of halogens is 1. The summed E-state index contributed by atoms with van der Waals surface area (Å²) in [7, 11) is 0. The van der Waals surface area contributed by atoms with Crippen molar-refractivity contribution in [2.45, 2.75) is 0 Å². The molecule has 1 fully saturated rings. The number of hydrazone groups is 1. The zero-order valence-electron chi connectivity index (χ0n) is 13.2. The van der Waals surface area contributed by atoms with Gasteiger partial charge in [0.2, 0.25) is 5.90 Å². The monoisotopic (exact) mass is 327 g/mol. The molecule has 0 radical (unpaired) electrons. The second-order valence-corrected chi connectivity index (χ2v) is 5.68. The molecule has 0 N–H and O–H groups in total. The number of hydrogen-bond acceptors (Lipinski definition) is 5. The summed E-state index contributed by atoms with van der Waals surface area (Å²) < 4.78 is 25.0. The topological polar surface area (TPSA) is 37.3 Å². The first-order valence-corrected chi connectivity index (χ1v) is 7.98. The molecule has 0 saturated carbocycles. The smallest absolute Gasteiger partial charge is 0.240 e. The molecule has 2 aliphatic heterocycles. The fourth-order valence-corrected chi connectivity index (χ4v) is 2.87. The molecule has 124 valence electrons. The third-order valence-corrected chi connectivity index (χ3v) is 4.13. The van der Waals surface area contributed by atoms with Gasteiger partial charge in [-0.2, -0.15) is 0 Å². The molecule has 0 unspecified atom stereocenters. The number of rotatable bonds is 3. The van der Waals surface area contributed by atoms with Gasteiger partial charge in [-0.25, -0.2) is 9.40 Å². The van der Waals surface area contributed by atoms with Crippen molar-refractivity contribution in [3.63, 3.8) is 0 Å². The molecular formula is C18H18FN3O2. The molecule has 4 rings (SSSR count). The van der Waals surface area contributed by atoms with Crippen LogP contribution in [0.25, 0.3) is 0 Å². The van der Waals surface area contributed by atoms with E-state index in [9.17, 15) is 4.39 Å². The Balaban J connectivity index is 1.58. The van der Waals surface area contributed by atoms with Crippen molar-refractivity contribution in [3.8, 4) is 0 Å². The molecule has 2 aromatic rings. The minimum Gasteiger partial charge on any atom is -0.453 e. The Morgan fingerprint density at radius 2 is 1.83 bits per heavy atom. The Hall–Kier alpha value is -2.60. The van der Waals surface area contributed by atoms with E-state index in [0.717, 1.165) is 37.6 Å². The maximum atomic E-state index is 13.9. The first-order chi connectivity index (χ1) is 11.8. The SMILES string of the molecule is Fc1ccccc1N1COC(c2cccc(N3CCOCC3)c2)=N1. The van der Waals surface area contributed by atoms with Crippen LogP contribution in [0.15, 0.2) is 53.6 Å². The molecule has 0 aromatic heterocycles. The van der Waals surface area contributed by atoms with Gasteiger partial charge >= 0.3 is 0 Å². The summed E-state index contributed by atoms with van der Waals surface area (Å²) in [5.74, 6) is 0.196. The number of ether oxygens (including phenoxy) is 2. The quantitative estimate of drug-likeness (QED) is 0.869. The molecule has 1 saturated heterocycles. The van der Waals surface area contributed by atoms with Gasteiger partial charge in [0, 0.05) is 24.3 Å². The van der Waals surface area contributed by atoms with Crippen molar-refractivity contribution in [3.05, 3.63) is 59.9 Å². The Labute approximate surface area is 139 Å². The van der Waals surface area contributed by atoms with Crippen LogP contribution in [0.3, 0.4) is 0 Å². The predicted molar refractivity (Wildman–Crippen MR) is 90.8 cm³/mol. The number of anilines is 2. The second kappa shape index (κ2) is 6.49. The zero-order valence-corrected chi connectivity index (χ0v) is 13.2. The van der Waals surface area contributed by atoms with E-state index in [4.69, 9.17) is 9.47 Å². The summed E-state index contributed by atoms with van der Waals surface area (Å²) in [4.78, 5) is 2.27. The Bertz CT molecular complexity index is 759. The lowest BCUT2D eigenvalue weighted by Gasteiger charge is -2.29. The fraction of sp³-hybridized carbons (Fsp3) is 0.278. The van der Waals surface area contributed by atoms with E-state index >= 15 is 0 Å². The summed E-state index contributed by atoms with van der Waals surface area (Å²) in [6, 6.07) is 14.6. The second-order valence-electron chi connectivity index (χ2n) is 5.68. The number of morpholine rings is 1. The molecule has 2 aliphatic rings. The number of benzene rings is 2. The van der Waals surface area contributed by atoms with Crippen LogP contribution < -0.4 is 9.91 Å². The van der Waals surface area contributed by atoms with Crippen LogP contribution in [0.2, 0.25) is 0 Å². The van der Waals surface area contributed by atoms with Gasteiger partial charge in [0.15, 0.2) is 6.73 Å². The standard InChI is InChI=1S/C18H18FN3O2/c19-16-6-1-2-7-17(16)22-13-24-18(20-22)14-4-3-5-15(12-14)21-8-10-23-11-9-21/h1-7,12H,8-11,13H2. The maximum absolute atomic E-state index is 13.9. The molecule has 5 nitrogen and oxygen atoms in total. The molecular weight excluding hydrogens is 309 g/mol. The fourth-order valence-electron chi connectivity index (χ4n) is 2.87. The minimum atomic E-state index is -0.312. The van der Waals surface area contributed by atoms with Gasteiger partial charge in [-0.3, -0.25) is 0 Å². The summed E-state index contributed by atoms with van der Waals surface area (Å²) in [5.41, 5.74) is 2.42. The van der Waals surface area contributed by atoms with E-state index in [1.165, 1.54) is 11.1 Å². The van der Waals surface area contributed by atoms with E-state index < -0.39 is 0 Å². The third-order valence-electron chi connectivity index (χ3n) is 4.13. The van der Waals surface area contributed by atoms with E-state index in [1.807, 2.05) is 12.1 Å². The van der Waals surface area contributed by atoms with E-state index in [1.54, 1.807) is 18.2 Å². The van der Waals surface area contributed by atoms with Crippen molar-refractivity contribution in [1.82, 2.24) is 0 Å².